The molecular formula is C18H24N2O2. The van der Waals surface area contributed by atoms with Crippen molar-refractivity contribution < 1.29 is 9.53 Å². The second-order valence-corrected chi connectivity index (χ2v) is 6.79. The molecule has 0 aromatic heterocycles. The first kappa shape index (κ1) is 14.2. The Morgan fingerprint density at radius 2 is 1.95 bits per heavy atom. The summed E-state index contributed by atoms with van der Waals surface area (Å²) in [4.78, 5) is 17.2. The van der Waals surface area contributed by atoms with Crippen molar-refractivity contribution in [2.45, 2.75) is 37.8 Å². The van der Waals surface area contributed by atoms with Crippen molar-refractivity contribution in [3.63, 3.8) is 0 Å². The summed E-state index contributed by atoms with van der Waals surface area (Å²) in [5.41, 5.74) is 1.06. The molecule has 0 N–H and O–H groups in total. The molecule has 0 spiro atoms. The molecule has 3 atom stereocenters. The molecule has 0 aliphatic carbocycles. The van der Waals surface area contributed by atoms with Crippen molar-refractivity contribution in [1.82, 2.24) is 4.90 Å². The molecule has 3 saturated heterocycles. The van der Waals surface area contributed by atoms with Gasteiger partial charge in [0.2, 0.25) is 5.91 Å². The Morgan fingerprint density at radius 3 is 2.73 bits per heavy atom. The average molecular weight is 300 g/mol. The van der Waals surface area contributed by atoms with Gasteiger partial charge in [-0.1, -0.05) is 18.2 Å². The van der Waals surface area contributed by atoms with Crippen LogP contribution in [-0.2, 0) is 9.53 Å². The van der Waals surface area contributed by atoms with Crippen molar-refractivity contribution in [3.8, 4) is 0 Å². The molecule has 1 unspecified atom stereocenters. The number of carbonyl (C=O) groups excluding carboxylic acids is 1. The van der Waals surface area contributed by atoms with Gasteiger partial charge in [-0.3, -0.25) is 9.69 Å². The first-order valence-corrected chi connectivity index (χ1v) is 8.52. The van der Waals surface area contributed by atoms with E-state index >= 15 is 0 Å². The molecule has 3 aliphatic rings. The molecule has 4 nitrogen and oxygen atoms in total. The zero-order chi connectivity index (χ0) is 14.9. The van der Waals surface area contributed by atoms with E-state index in [-0.39, 0.29) is 0 Å². The monoisotopic (exact) mass is 300 g/mol. The molecule has 4 rings (SSSR count). The number of hydrogen-bond donors (Lipinski definition) is 0. The molecule has 1 amide bonds. The van der Waals surface area contributed by atoms with E-state index in [1.54, 1.807) is 0 Å². The highest BCUT2D eigenvalue weighted by Gasteiger charge is 2.44. The highest BCUT2D eigenvalue weighted by atomic mass is 16.5. The Kier molecular flexibility index (Phi) is 3.89. The predicted molar refractivity (Wildman–Crippen MR) is 85.9 cm³/mol. The number of likely N-dealkylation sites (tertiary alicyclic amines) is 1. The van der Waals surface area contributed by atoms with Gasteiger partial charge < -0.3 is 9.64 Å². The molecule has 1 aromatic rings. The average Bonchev–Trinajstić information content (AvgIpc) is 3.19. The molecular weight excluding hydrogens is 276 g/mol. The fourth-order valence-corrected chi connectivity index (χ4v) is 4.36. The van der Waals surface area contributed by atoms with Gasteiger partial charge in [0.05, 0.1) is 12.6 Å². The van der Waals surface area contributed by atoms with Gasteiger partial charge >= 0.3 is 0 Å². The second kappa shape index (κ2) is 6.01. The van der Waals surface area contributed by atoms with Gasteiger partial charge in [-0.05, 0) is 37.3 Å². The number of rotatable bonds is 3. The van der Waals surface area contributed by atoms with E-state index in [0.29, 0.717) is 30.3 Å². The first-order chi connectivity index (χ1) is 10.8. The number of amides is 1. The van der Waals surface area contributed by atoms with Crippen LogP contribution < -0.4 is 4.90 Å². The van der Waals surface area contributed by atoms with Crippen LogP contribution in [0.3, 0.4) is 0 Å². The molecule has 4 heteroatoms. The highest BCUT2D eigenvalue weighted by Crippen LogP contribution is 2.35. The van der Waals surface area contributed by atoms with E-state index in [4.69, 9.17) is 4.74 Å². The summed E-state index contributed by atoms with van der Waals surface area (Å²) in [6.07, 6.45) is 3.97. The second-order valence-electron chi connectivity index (χ2n) is 6.79. The van der Waals surface area contributed by atoms with E-state index in [0.717, 1.165) is 44.8 Å². The number of fused-ring (bicyclic) bond motifs is 1. The summed E-state index contributed by atoms with van der Waals surface area (Å²) in [6.45, 7) is 4.08. The topological polar surface area (TPSA) is 32.8 Å². The lowest BCUT2D eigenvalue weighted by Gasteiger charge is -2.40. The van der Waals surface area contributed by atoms with Crippen LogP contribution in [0.4, 0.5) is 5.69 Å². The van der Waals surface area contributed by atoms with Crippen molar-refractivity contribution in [3.05, 3.63) is 30.3 Å². The van der Waals surface area contributed by atoms with Gasteiger partial charge in [-0.25, -0.2) is 0 Å². The molecule has 0 bridgehead atoms. The maximum absolute atomic E-state index is 12.5. The molecule has 0 saturated carbocycles. The predicted octanol–water partition coefficient (Wildman–Crippen LogP) is 2.29. The lowest BCUT2D eigenvalue weighted by Crippen LogP contribution is -2.53. The van der Waals surface area contributed by atoms with Crippen molar-refractivity contribution in [2.75, 3.05) is 31.2 Å². The van der Waals surface area contributed by atoms with Crippen LogP contribution >= 0.6 is 0 Å². The number of para-hydroxylation sites is 1. The van der Waals surface area contributed by atoms with Crippen LogP contribution in [0.5, 0.6) is 0 Å². The van der Waals surface area contributed by atoms with Crippen LogP contribution in [0.2, 0.25) is 0 Å². The third-order valence-electron chi connectivity index (χ3n) is 5.43. The molecule has 0 radical (unpaired) electrons. The van der Waals surface area contributed by atoms with E-state index in [1.165, 1.54) is 6.42 Å². The Morgan fingerprint density at radius 1 is 1.09 bits per heavy atom. The summed E-state index contributed by atoms with van der Waals surface area (Å²) in [6, 6.07) is 11.1. The lowest BCUT2D eigenvalue weighted by molar-refractivity contribution is -0.120. The van der Waals surface area contributed by atoms with E-state index < -0.39 is 0 Å². The molecule has 3 aliphatic heterocycles. The summed E-state index contributed by atoms with van der Waals surface area (Å²) >= 11 is 0. The van der Waals surface area contributed by atoms with Crippen molar-refractivity contribution in [1.29, 1.82) is 0 Å². The first-order valence-electron chi connectivity index (χ1n) is 8.52. The van der Waals surface area contributed by atoms with Crippen LogP contribution in [0.25, 0.3) is 0 Å². The number of hydrogen-bond acceptors (Lipinski definition) is 3. The van der Waals surface area contributed by atoms with E-state index in [2.05, 4.69) is 21.9 Å². The van der Waals surface area contributed by atoms with Gasteiger partial charge in [-0.2, -0.15) is 0 Å². The summed E-state index contributed by atoms with van der Waals surface area (Å²) in [5.74, 6) is 0.972. The van der Waals surface area contributed by atoms with Crippen LogP contribution in [0, 0.1) is 5.92 Å². The molecule has 3 fully saturated rings. The zero-order valence-electron chi connectivity index (χ0n) is 13.0. The molecule has 3 heterocycles. The van der Waals surface area contributed by atoms with Gasteiger partial charge in [0.1, 0.15) is 0 Å². The third-order valence-corrected chi connectivity index (χ3v) is 5.43. The fourth-order valence-electron chi connectivity index (χ4n) is 4.36. The van der Waals surface area contributed by atoms with Crippen LogP contribution in [0.15, 0.2) is 30.3 Å². The van der Waals surface area contributed by atoms with Crippen LogP contribution in [0.1, 0.15) is 25.7 Å². The third kappa shape index (κ3) is 2.55. The van der Waals surface area contributed by atoms with Gasteiger partial charge in [0.15, 0.2) is 0 Å². The maximum Gasteiger partial charge on any atom is 0.227 e. The van der Waals surface area contributed by atoms with E-state index in [9.17, 15) is 4.79 Å². The summed E-state index contributed by atoms with van der Waals surface area (Å²) < 4.78 is 5.52. The van der Waals surface area contributed by atoms with E-state index in [1.807, 2.05) is 18.2 Å². The summed E-state index contributed by atoms with van der Waals surface area (Å²) in [5, 5.41) is 0. The largest absolute Gasteiger partial charge is 0.381 e. The minimum atomic E-state index is 0.290. The smallest absolute Gasteiger partial charge is 0.227 e. The normalized spacial score (nSPS) is 32.5. The fraction of sp³-hybridized carbons (Fsp3) is 0.611. The Bertz CT molecular complexity index is 527. The zero-order valence-corrected chi connectivity index (χ0v) is 13.0. The number of carbonyl (C=O) groups is 1. The minimum absolute atomic E-state index is 0.290. The number of anilines is 1. The standard InChI is InChI=1S/C18H24N2O2/c21-18-7-6-16-17(20(18)15-4-2-1-3-5-15)8-10-19(16)12-14-9-11-22-13-14/h1-5,14,16-17H,6-13H2/t14?,16-,17-/m0/s1. The van der Waals surface area contributed by atoms with Gasteiger partial charge in [0.25, 0.3) is 0 Å². The quantitative estimate of drug-likeness (QED) is 0.858. The highest BCUT2D eigenvalue weighted by molar-refractivity contribution is 5.95. The maximum atomic E-state index is 12.5. The lowest BCUT2D eigenvalue weighted by atomic mass is 9.95. The number of nitrogens with zero attached hydrogens (tertiary/aromatic N) is 2. The Labute approximate surface area is 132 Å². The molecule has 22 heavy (non-hydrogen) atoms. The molecule has 1 aromatic carbocycles. The minimum Gasteiger partial charge on any atom is -0.381 e. The SMILES string of the molecule is O=C1CC[C@H]2[C@H](CCN2CC2CCOC2)N1c1ccccc1. The number of benzene rings is 1. The Balaban J connectivity index is 1.52. The number of piperidine rings is 1. The summed E-state index contributed by atoms with van der Waals surface area (Å²) in [7, 11) is 0. The molecule has 118 valence electrons. The number of ether oxygens (including phenoxy) is 1. The van der Waals surface area contributed by atoms with Gasteiger partial charge in [0, 0.05) is 37.8 Å². The van der Waals surface area contributed by atoms with Gasteiger partial charge in [-0.15, -0.1) is 0 Å². The van der Waals surface area contributed by atoms with Crippen molar-refractivity contribution >= 4 is 11.6 Å². The van der Waals surface area contributed by atoms with Crippen molar-refractivity contribution in [2.24, 2.45) is 5.92 Å². The Hall–Kier alpha value is -1.39. The van der Waals surface area contributed by atoms with Crippen LogP contribution in [-0.4, -0.2) is 49.2 Å².